The maximum Gasteiger partial charge on any atom is 0.407 e. The monoisotopic (exact) mass is 314 g/mol. The molecular weight excluding hydrogens is 296 g/mol. The van der Waals surface area contributed by atoms with E-state index in [1.54, 1.807) is 12.4 Å². The van der Waals surface area contributed by atoms with Crippen LogP contribution in [0.3, 0.4) is 0 Å². The number of carbonyl (C=O) groups excluding carboxylic acids is 1. The fourth-order valence-corrected chi connectivity index (χ4v) is 2.04. The van der Waals surface area contributed by atoms with Crippen LogP contribution < -0.4 is 5.32 Å². The van der Waals surface area contributed by atoms with Crippen LogP contribution in [0.4, 0.5) is 4.79 Å². The van der Waals surface area contributed by atoms with Crippen LogP contribution in [-0.4, -0.2) is 34.8 Å². The van der Waals surface area contributed by atoms with E-state index in [0.717, 1.165) is 11.1 Å². The molecular formula is C17H18N2O4. The number of carboxylic acid groups (broad SMARTS) is 1. The van der Waals surface area contributed by atoms with Gasteiger partial charge < -0.3 is 15.2 Å². The SMILES string of the molecule is O=C(N[C@@H](Cc1ccccc1)C(=O)O)OCCc1ccncc1. The Labute approximate surface area is 134 Å². The van der Waals surface area contributed by atoms with Gasteiger partial charge in [0.2, 0.25) is 0 Å². The molecule has 1 aromatic carbocycles. The van der Waals surface area contributed by atoms with Crippen LogP contribution in [0.15, 0.2) is 54.9 Å². The quantitative estimate of drug-likeness (QED) is 0.816. The smallest absolute Gasteiger partial charge is 0.407 e. The first-order valence-corrected chi connectivity index (χ1v) is 7.24. The second-order valence-electron chi connectivity index (χ2n) is 4.97. The first-order valence-electron chi connectivity index (χ1n) is 7.24. The lowest BCUT2D eigenvalue weighted by Crippen LogP contribution is -2.42. The summed E-state index contributed by atoms with van der Waals surface area (Å²) in [6.07, 6.45) is 3.34. The number of ether oxygens (including phenoxy) is 1. The normalized spacial score (nSPS) is 11.5. The van der Waals surface area contributed by atoms with E-state index in [1.807, 2.05) is 42.5 Å². The van der Waals surface area contributed by atoms with Gasteiger partial charge >= 0.3 is 12.1 Å². The zero-order valence-corrected chi connectivity index (χ0v) is 12.5. The Morgan fingerprint density at radius 3 is 2.43 bits per heavy atom. The summed E-state index contributed by atoms with van der Waals surface area (Å²) >= 11 is 0. The van der Waals surface area contributed by atoms with Crippen LogP contribution in [-0.2, 0) is 22.4 Å². The summed E-state index contributed by atoms with van der Waals surface area (Å²) in [6.45, 7) is 0.174. The molecule has 120 valence electrons. The molecule has 0 aliphatic carbocycles. The topological polar surface area (TPSA) is 88.5 Å². The molecule has 0 unspecified atom stereocenters. The predicted molar refractivity (Wildman–Crippen MR) is 84.0 cm³/mol. The number of hydrogen-bond donors (Lipinski definition) is 2. The molecule has 23 heavy (non-hydrogen) atoms. The second-order valence-corrected chi connectivity index (χ2v) is 4.97. The third-order valence-corrected chi connectivity index (χ3v) is 3.25. The van der Waals surface area contributed by atoms with Gasteiger partial charge in [-0.2, -0.15) is 0 Å². The van der Waals surface area contributed by atoms with Gasteiger partial charge in [-0.15, -0.1) is 0 Å². The van der Waals surface area contributed by atoms with E-state index in [1.165, 1.54) is 0 Å². The molecule has 1 atom stereocenters. The molecule has 0 spiro atoms. The maximum absolute atomic E-state index is 11.7. The lowest BCUT2D eigenvalue weighted by molar-refractivity contribution is -0.139. The van der Waals surface area contributed by atoms with Crippen LogP contribution in [0.25, 0.3) is 0 Å². The second kappa shape index (κ2) is 8.53. The molecule has 0 saturated heterocycles. The number of alkyl carbamates (subject to hydrolysis) is 1. The molecule has 1 amide bonds. The van der Waals surface area contributed by atoms with Crippen molar-refractivity contribution in [2.75, 3.05) is 6.61 Å². The average Bonchev–Trinajstić information content (AvgIpc) is 2.56. The van der Waals surface area contributed by atoms with Crippen LogP contribution >= 0.6 is 0 Å². The highest BCUT2D eigenvalue weighted by Crippen LogP contribution is 2.04. The highest BCUT2D eigenvalue weighted by Gasteiger charge is 2.20. The third kappa shape index (κ3) is 5.78. The average molecular weight is 314 g/mol. The van der Waals surface area contributed by atoms with E-state index in [9.17, 15) is 14.7 Å². The lowest BCUT2D eigenvalue weighted by Gasteiger charge is -2.14. The Balaban J connectivity index is 1.80. The fourth-order valence-electron chi connectivity index (χ4n) is 2.04. The Bertz CT molecular complexity index is 632. The highest BCUT2D eigenvalue weighted by atomic mass is 16.5. The molecule has 0 bridgehead atoms. The number of nitrogens with one attached hydrogen (secondary N) is 1. The molecule has 2 aromatic rings. The summed E-state index contributed by atoms with van der Waals surface area (Å²) < 4.78 is 5.03. The third-order valence-electron chi connectivity index (χ3n) is 3.25. The number of carbonyl (C=O) groups is 2. The van der Waals surface area contributed by atoms with Crippen molar-refractivity contribution in [3.05, 3.63) is 66.0 Å². The molecule has 6 heteroatoms. The fraction of sp³-hybridized carbons (Fsp3) is 0.235. The minimum absolute atomic E-state index is 0.174. The van der Waals surface area contributed by atoms with Crippen molar-refractivity contribution in [2.24, 2.45) is 0 Å². The van der Waals surface area contributed by atoms with E-state index in [2.05, 4.69) is 10.3 Å². The van der Waals surface area contributed by atoms with Crippen molar-refractivity contribution >= 4 is 12.1 Å². The molecule has 2 N–H and O–H groups in total. The molecule has 0 radical (unpaired) electrons. The van der Waals surface area contributed by atoms with E-state index >= 15 is 0 Å². The van der Waals surface area contributed by atoms with E-state index in [-0.39, 0.29) is 13.0 Å². The van der Waals surface area contributed by atoms with Gasteiger partial charge in [0.15, 0.2) is 0 Å². The summed E-state index contributed by atoms with van der Waals surface area (Å²) in [5.74, 6) is -1.10. The zero-order valence-electron chi connectivity index (χ0n) is 12.5. The lowest BCUT2D eigenvalue weighted by atomic mass is 10.1. The van der Waals surface area contributed by atoms with Gasteiger partial charge in [0.1, 0.15) is 6.04 Å². The van der Waals surface area contributed by atoms with Gasteiger partial charge in [0.25, 0.3) is 0 Å². The van der Waals surface area contributed by atoms with Gasteiger partial charge in [0, 0.05) is 25.2 Å². The van der Waals surface area contributed by atoms with Gasteiger partial charge in [-0.1, -0.05) is 30.3 Å². The molecule has 0 saturated carbocycles. The minimum Gasteiger partial charge on any atom is -0.480 e. The number of pyridine rings is 1. The van der Waals surface area contributed by atoms with Crippen molar-refractivity contribution < 1.29 is 19.4 Å². The summed E-state index contributed by atoms with van der Waals surface area (Å²) in [5, 5.41) is 11.6. The largest absolute Gasteiger partial charge is 0.480 e. The summed E-state index contributed by atoms with van der Waals surface area (Å²) in [7, 11) is 0. The number of amides is 1. The van der Waals surface area contributed by atoms with Crippen molar-refractivity contribution in [2.45, 2.75) is 18.9 Å². The Kier molecular flexibility index (Phi) is 6.11. The van der Waals surface area contributed by atoms with Crippen molar-refractivity contribution in [3.63, 3.8) is 0 Å². The van der Waals surface area contributed by atoms with Crippen LogP contribution in [0.2, 0.25) is 0 Å². The van der Waals surface area contributed by atoms with Gasteiger partial charge in [-0.3, -0.25) is 4.98 Å². The highest BCUT2D eigenvalue weighted by molar-refractivity contribution is 5.80. The standard InChI is InChI=1S/C17H18N2O4/c20-16(21)15(12-14-4-2-1-3-5-14)19-17(22)23-11-8-13-6-9-18-10-7-13/h1-7,9-10,15H,8,11-12H2,(H,19,22)(H,20,21)/t15-/m0/s1. The van der Waals surface area contributed by atoms with Crippen LogP contribution in [0, 0.1) is 0 Å². The number of carboxylic acids is 1. The summed E-state index contributed by atoms with van der Waals surface area (Å²) in [4.78, 5) is 26.9. The molecule has 0 aliphatic rings. The molecule has 1 aromatic heterocycles. The molecule has 2 rings (SSSR count). The molecule has 6 nitrogen and oxygen atoms in total. The number of aromatic nitrogens is 1. The first kappa shape index (κ1) is 16.5. The van der Waals surface area contributed by atoms with Crippen molar-refractivity contribution in [1.29, 1.82) is 0 Å². The number of nitrogens with zero attached hydrogens (tertiary/aromatic N) is 1. The maximum atomic E-state index is 11.7. The number of rotatable bonds is 7. The van der Waals surface area contributed by atoms with E-state index < -0.39 is 18.1 Å². The van der Waals surface area contributed by atoms with Crippen molar-refractivity contribution in [1.82, 2.24) is 10.3 Å². The summed E-state index contributed by atoms with van der Waals surface area (Å²) in [6, 6.07) is 11.8. The summed E-state index contributed by atoms with van der Waals surface area (Å²) in [5.41, 5.74) is 1.82. The molecule has 1 heterocycles. The number of benzene rings is 1. The van der Waals surface area contributed by atoms with Crippen molar-refractivity contribution in [3.8, 4) is 0 Å². The van der Waals surface area contributed by atoms with Crippen LogP contribution in [0.1, 0.15) is 11.1 Å². The molecule has 0 fully saturated rings. The Morgan fingerprint density at radius 1 is 1.09 bits per heavy atom. The van der Waals surface area contributed by atoms with Gasteiger partial charge in [-0.25, -0.2) is 9.59 Å². The van der Waals surface area contributed by atoms with E-state index in [0.29, 0.717) is 6.42 Å². The van der Waals surface area contributed by atoms with Gasteiger partial charge in [0.05, 0.1) is 6.61 Å². The van der Waals surface area contributed by atoms with E-state index in [4.69, 9.17) is 4.74 Å². The minimum atomic E-state index is -1.10. The Hall–Kier alpha value is -2.89. The number of hydrogen-bond acceptors (Lipinski definition) is 4. The zero-order chi connectivity index (χ0) is 16.5. The first-order chi connectivity index (χ1) is 11.1. The predicted octanol–water partition coefficient (Wildman–Crippen LogP) is 2.05. The van der Waals surface area contributed by atoms with Crippen LogP contribution in [0.5, 0.6) is 0 Å². The number of aliphatic carboxylic acids is 1. The molecule has 0 aliphatic heterocycles. The Morgan fingerprint density at radius 2 is 1.78 bits per heavy atom. The van der Waals surface area contributed by atoms with Gasteiger partial charge in [-0.05, 0) is 23.3 Å².